The predicted octanol–water partition coefficient (Wildman–Crippen LogP) is 4.36. The summed E-state index contributed by atoms with van der Waals surface area (Å²) in [6.07, 6.45) is 1.49. The third-order valence-corrected chi connectivity index (χ3v) is 8.14. The van der Waals surface area contributed by atoms with Crippen LogP contribution in [0, 0.1) is 6.92 Å². The maximum Gasteiger partial charge on any atom is 0.264 e. The minimum atomic E-state index is -3.99. The number of ether oxygens (including phenoxy) is 1. The molecule has 3 aromatic rings. The van der Waals surface area contributed by atoms with Gasteiger partial charge in [0.25, 0.3) is 15.9 Å². The monoisotopic (exact) mass is 534 g/mol. The van der Waals surface area contributed by atoms with Crippen molar-refractivity contribution in [3.63, 3.8) is 0 Å². The molecule has 0 aliphatic carbocycles. The lowest BCUT2D eigenvalue weighted by Gasteiger charge is -2.27. The third kappa shape index (κ3) is 7.20. The summed E-state index contributed by atoms with van der Waals surface area (Å²) < 4.78 is 33.7. The molecule has 0 radical (unpaired) electrons. The minimum Gasteiger partial charge on any atom is -0.494 e. The van der Waals surface area contributed by atoms with Crippen molar-refractivity contribution in [3.05, 3.63) is 90.0 Å². The molecule has 1 saturated heterocycles. The fraction of sp³-hybridized carbons (Fsp3) is 0.310. The highest BCUT2D eigenvalue weighted by atomic mass is 32.2. The molecule has 0 spiro atoms. The number of aryl methyl sites for hydroxylation is 1. The van der Waals surface area contributed by atoms with Gasteiger partial charge in [0.1, 0.15) is 12.3 Å². The summed E-state index contributed by atoms with van der Waals surface area (Å²) in [5, 5.41) is 4.33. The van der Waals surface area contributed by atoms with E-state index in [4.69, 9.17) is 4.74 Å². The second-order valence-electron chi connectivity index (χ2n) is 9.23. The normalized spacial score (nSPS) is 14.1. The minimum absolute atomic E-state index is 0.113. The van der Waals surface area contributed by atoms with E-state index in [9.17, 15) is 13.2 Å². The predicted molar refractivity (Wildman–Crippen MR) is 150 cm³/mol. The molecule has 1 heterocycles. The van der Waals surface area contributed by atoms with Crippen molar-refractivity contribution in [3.8, 4) is 5.75 Å². The first-order valence-electron chi connectivity index (χ1n) is 12.8. The number of carbonyl (C=O) groups is 1. The molecule has 1 aliphatic rings. The topological polar surface area (TPSA) is 91.3 Å². The van der Waals surface area contributed by atoms with Crippen LogP contribution in [0.2, 0.25) is 0 Å². The lowest BCUT2D eigenvalue weighted by molar-refractivity contribution is -0.119. The molecule has 1 amide bonds. The summed E-state index contributed by atoms with van der Waals surface area (Å²) in [5.74, 6) is 0.118. The van der Waals surface area contributed by atoms with Crippen molar-refractivity contribution >= 4 is 27.3 Å². The number of carbonyl (C=O) groups excluding carboxylic acids is 1. The Labute approximate surface area is 225 Å². The number of rotatable bonds is 10. The second-order valence-corrected chi connectivity index (χ2v) is 11.1. The fourth-order valence-corrected chi connectivity index (χ4v) is 5.68. The highest BCUT2D eigenvalue weighted by Crippen LogP contribution is 2.26. The van der Waals surface area contributed by atoms with Gasteiger partial charge in [-0.25, -0.2) is 13.8 Å². The van der Waals surface area contributed by atoms with E-state index in [1.54, 1.807) is 48.5 Å². The molecule has 0 bridgehead atoms. The number of piperidine rings is 1. The van der Waals surface area contributed by atoms with Gasteiger partial charge < -0.3 is 4.74 Å². The van der Waals surface area contributed by atoms with Crippen LogP contribution < -0.4 is 14.5 Å². The van der Waals surface area contributed by atoms with Gasteiger partial charge in [-0.15, -0.1) is 0 Å². The number of benzene rings is 3. The zero-order valence-electron chi connectivity index (χ0n) is 21.8. The van der Waals surface area contributed by atoms with Crippen molar-refractivity contribution < 1.29 is 17.9 Å². The second kappa shape index (κ2) is 12.7. The lowest BCUT2D eigenvalue weighted by atomic mass is 10.1. The van der Waals surface area contributed by atoms with E-state index >= 15 is 0 Å². The summed E-state index contributed by atoms with van der Waals surface area (Å²) >= 11 is 0. The van der Waals surface area contributed by atoms with Crippen LogP contribution >= 0.6 is 0 Å². The van der Waals surface area contributed by atoms with Gasteiger partial charge in [-0.3, -0.25) is 14.0 Å². The van der Waals surface area contributed by atoms with Crippen molar-refractivity contribution in [1.82, 2.24) is 10.3 Å². The summed E-state index contributed by atoms with van der Waals surface area (Å²) in [7, 11) is -3.99. The van der Waals surface area contributed by atoms with Gasteiger partial charge in [-0.2, -0.15) is 5.10 Å². The smallest absolute Gasteiger partial charge is 0.264 e. The van der Waals surface area contributed by atoms with Gasteiger partial charge in [0, 0.05) is 38.2 Å². The number of hydrogen-bond acceptors (Lipinski definition) is 6. The van der Waals surface area contributed by atoms with Crippen molar-refractivity contribution in [2.45, 2.75) is 38.1 Å². The van der Waals surface area contributed by atoms with E-state index in [1.807, 2.05) is 32.0 Å². The molecule has 8 nitrogen and oxygen atoms in total. The molecule has 4 rings (SSSR count). The molecule has 38 heavy (non-hydrogen) atoms. The Bertz CT molecular complexity index is 1330. The average Bonchev–Trinajstić information content (AvgIpc) is 2.93. The van der Waals surface area contributed by atoms with Gasteiger partial charge in [-0.05, 0) is 55.8 Å². The molecule has 0 saturated carbocycles. The molecule has 1 N–H and O–H groups in total. The Morgan fingerprint density at radius 1 is 0.974 bits per heavy atom. The van der Waals surface area contributed by atoms with E-state index < -0.39 is 22.5 Å². The number of nitrogens with one attached hydrogen (secondary N) is 1. The fourth-order valence-electron chi connectivity index (χ4n) is 4.26. The number of likely N-dealkylation sites (tertiary alicyclic amines) is 1. The standard InChI is InChI=1S/C29H34N4O4S/c1-3-37-27-13-11-26(12-14-27)33(38(35,36)28-15-9-23(2)10-16-28)22-29(34)31-30-25-17-19-32(20-18-25)21-24-7-5-4-6-8-24/h4-16H,3,17-22H2,1-2H3,(H,31,34). The van der Waals surface area contributed by atoms with Crippen molar-refractivity contribution in [2.75, 3.05) is 30.5 Å². The lowest BCUT2D eigenvalue weighted by Crippen LogP contribution is -2.40. The maximum absolute atomic E-state index is 13.6. The van der Waals surface area contributed by atoms with E-state index in [0.29, 0.717) is 18.0 Å². The van der Waals surface area contributed by atoms with Gasteiger partial charge in [0.15, 0.2) is 0 Å². The van der Waals surface area contributed by atoms with E-state index in [-0.39, 0.29) is 4.90 Å². The van der Waals surface area contributed by atoms with Crippen LogP contribution in [-0.4, -0.2) is 51.2 Å². The quantitative estimate of drug-likeness (QED) is 0.391. The highest BCUT2D eigenvalue weighted by molar-refractivity contribution is 7.92. The Kier molecular flexibility index (Phi) is 9.15. The van der Waals surface area contributed by atoms with Crippen LogP contribution in [0.3, 0.4) is 0 Å². The van der Waals surface area contributed by atoms with Crippen LogP contribution in [0.25, 0.3) is 0 Å². The number of amides is 1. The number of sulfonamides is 1. The molecule has 200 valence electrons. The Balaban J connectivity index is 1.43. The summed E-state index contributed by atoms with van der Waals surface area (Å²) in [4.78, 5) is 15.4. The SMILES string of the molecule is CCOc1ccc(N(CC(=O)NN=C2CCN(Cc3ccccc3)CC2)S(=O)(=O)c2ccc(C)cc2)cc1. The molecule has 0 atom stereocenters. The van der Waals surface area contributed by atoms with E-state index in [0.717, 1.165) is 48.1 Å². The molecule has 9 heteroatoms. The molecule has 0 unspecified atom stereocenters. The molecular formula is C29H34N4O4S. The number of nitrogens with zero attached hydrogens (tertiary/aromatic N) is 3. The summed E-state index contributed by atoms with van der Waals surface area (Å²) in [6, 6.07) is 23.5. The van der Waals surface area contributed by atoms with Crippen molar-refractivity contribution in [1.29, 1.82) is 0 Å². The zero-order chi connectivity index (χ0) is 27.0. The van der Waals surface area contributed by atoms with Gasteiger partial charge >= 0.3 is 0 Å². The van der Waals surface area contributed by atoms with Gasteiger partial charge in [-0.1, -0.05) is 48.0 Å². The van der Waals surface area contributed by atoms with Crippen LogP contribution in [0.5, 0.6) is 5.75 Å². The third-order valence-electron chi connectivity index (χ3n) is 6.35. The van der Waals surface area contributed by atoms with Crippen LogP contribution in [0.4, 0.5) is 5.69 Å². The van der Waals surface area contributed by atoms with E-state index in [2.05, 4.69) is 27.6 Å². The highest BCUT2D eigenvalue weighted by Gasteiger charge is 2.27. The van der Waals surface area contributed by atoms with Crippen LogP contribution in [0.1, 0.15) is 30.9 Å². The first-order chi connectivity index (χ1) is 18.3. The van der Waals surface area contributed by atoms with Gasteiger partial charge in [0.05, 0.1) is 17.2 Å². The Hall–Kier alpha value is -3.69. The Morgan fingerprint density at radius 2 is 1.63 bits per heavy atom. The molecule has 1 aliphatic heterocycles. The first-order valence-corrected chi connectivity index (χ1v) is 14.2. The number of anilines is 1. The largest absolute Gasteiger partial charge is 0.494 e. The number of hydrogen-bond donors (Lipinski definition) is 1. The summed E-state index contributed by atoms with van der Waals surface area (Å²) in [6.45, 7) is 6.45. The molecule has 3 aromatic carbocycles. The maximum atomic E-state index is 13.6. The first kappa shape index (κ1) is 27.3. The van der Waals surface area contributed by atoms with Crippen LogP contribution in [0.15, 0.2) is 88.9 Å². The van der Waals surface area contributed by atoms with Crippen molar-refractivity contribution in [2.24, 2.45) is 5.10 Å². The summed E-state index contributed by atoms with van der Waals surface area (Å²) in [5.41, 5.74) is 6.06. The molecular weight excluding hydrogens is 500 g/mol. The Morgan fingerprint density at radius 3 is 2.26 bits per heavy atom. The van der Waals surface area contributed by atoms with Gasteiger partial charge in [0.2, 0.25) is 0 Å². The number of hydrazone groups is 1. The zero-order valence-corrected chi connectivity index (χ0v) is 22.7. The molecule has 1 fully saturated rings. The van der Waals surface area contributed by atoms with Crippen LogP contribution in [-0.2, 0) is 21.4 Å². The molecule has 0 aromatic heterocycles. The average molecular weight is 535 g/mol. The van der Waals surface area contributed by atoms with E-state index in [1.165, 1.54) is 5.56 Å².